The Morgan fingerprint density at radius 1 is 1.59 bits per heavy atom. The molecule has 0 aliphatic carbocycles. The maximum atomic E-state index is 12.5. The van der Waals surface area contributed by atoms with E-state index in [-0.39, 0.29) is 26.0 Å². The van der Waals surface area contributed by atoms with Gasteiger partial charge in [-0.15, -0.1) is 0 Å². The fourth-order valence-electron chi connectivity index (χ4n) is 2.10. The Labute approximate surface area is 98.8 Å². The molecular weight excluding hydrogens is 229 g/mol. The minimum absolute atomic E-state index is 0.0145. The van der Waals surface area contributed by atoms with Crippen molar-refractivity contribution in [3.8, 4) is 0 Å². The first kappa shape index (κ1) is 13.5. The highest BCUT2D eigenvalue weighted by Gasteiger charge is 2.50. The third-order valence-corrected chi connectivity index (χ3v) is 2.94. The van der Waals surface area contributed by atoms with Crippen molar-refractivity contribution < 1.29 is 23.8 Å². The highest BCUT2D eigenvalue weighted by Crippen LogP contribution is 2.33. The van der Waals surface area contributed by atoms with E-state index in [0.717, 1.165) is 4.90 Å². The molecule has 1 unspecified atom stereocenters. The Morgan fingerprint density at radius 2 is 2.29 bits per heavy atom. The van der Waals surface area contributed by atoms with Crippen molar-refractivity contribution in [1.82, 2.24) is 4.90 Å². The van der Waals surface area contributed by atoms with Crippen LogP contribution in [0, 0.1) is 0 Å². The van der Waals surface area contributed by atoms with E-state index in [1.165, 1.54) is 6.08 Å². The van der Waals surface area contributed by atoms with Crippen molar-refractivity contribution in [3.05, 3.63) is 12.7 Å². The lowest BCUT2D eigenvalue weighted by Crippen LogP contribution is -2.53. The topological polar surface area (TPSA) is 66.8 Å². The molecule has 1 fully saturated rings. The van der Waals surface area contributed by atoms with Gasteiger partial charge in [0.05, 0.1) is 6.67 Å². The van der Waals surface area contributed by atoms with Crippen molar-refractivity contribution >= 4 is 12.1 Å². The summed E-state index contributed by atoms with van der Waals surface area (Å²) >= 11 is 0. The molecule has 1 saturated heterocycles. The second kappa shape index (κ2) is 5.65. The van der Waals surface area contributed by atoms with Crippen molar-refractivity contribution in [1.29, 1.82) is 0 Å². The van der Waals surface area contributed by atoms with Crippen molar-refractivity contribution in [2.45, 2.75) is 24.8 Å². The van der Waals surface area contributed by atoms with Crippen LogP contribution in [-0.4, -0.2) is 47.4 Å². The quantitative estimate of drug-likeness (QED) is 0.747. The fourth-order valence-corrected chi connectivity index (χ4v) is 2.10. The van der Waals surface area contributed by atoms with E-state index in [9.17, 15) is 19.1 Å². The van der Waals surface area contributed by atoms with Gasteiger partial charge in [0.15, 0.2) is 0 Å². The number of ether oxygens (including phenoxy) is 1. The number of rotatable bonds is 5. The summed E-state index contributed by atoms with van der Waals surface area (Å²) in [7, 11) is 0. The van der Waals surface area contributed by atoms with Crippen molar-refractivity contribution in [2.75, 3.05) is 19.8 Å². The molecule has 0 radical (unpaired) electrons. The number of carbonyl (C=O) groups is 2. The molecule has 1 amide bonds. The number of carbonyl (C=O) groups excluding carboxylic acids is 1. The van der Waals surface area contributed by atoms with Crippen LogP contribution in [0.4, 0.5) is 9.18 Å². The van der Waals surface area contributed by atoms with Crippen LogP contribution in [-0.2, 0) is 9.53 Å². The van der Waals surface area contributed by atoms with Gasteiger partial charge in [0.1, 0.15) is 12.1 Å². The number of amides is 1. The summed E-state index contributed by atoms with van der Waals surface area (Å²) < 4.78 is 17.3. The molecule has 96 valence electrons. The van der Waals surface area contributed by atoms with E-state index >= 15 is 0 Å². The Hall–Kier alpha value is -1.59. The van der Waals surface area contributed by atoms with Crippen LogP contribution in [0.3, 0.4) is 0 Å². The van der Waals surface area contributed by atoms with Gasteiger partial charge in [0, 0.05) is 13.0 Å². The van der Waals surface area contributed by atoms with Crippen molar-refractivity contribution in [3.63, 3.8) is 0 Å². The first-order valence-electron chi connectivity index (χ1n) is 5.43. The Kier molecular flexibility index (Phi) is 4.48. The van der Waals surface area contributed by atoms with Gasteiger partial charge >= 0.3 is 12.1 Å². The molecule has 0 aromatic carbocycles. The summed E-state index contributed by atoms with van der Waals surface area (Å²) in [5, 5.41) is 9.20. The molecule has 1 atom stereocenters. The number of hydrogen-bond acceptors (Lipinski definition) is 3. The van der Waals surface area contributed by atoms with Gasteiger partial charge in [-0.05, 0) is 12.8 Å². The van der Waals surface area contributed by atoms with E-state index in [2.05, 4.69) is 6.58 Å². The maximum absolute atomic E-state index is 12.5. The Bertz CT molecular complexity index is 321. The number of aliphatic carboxylic acids is 1. The number of alkyl halides is 1. The van der Waals surface area contributed by atoms with Crippen LogP contribution < -0.4 is 0 Å². The lowest BCUT2D eigenvalue weighted by atomic mass is 9.93. The SMILES string of the molecule is C=CCOC(=O)N1CCCC1(CCF)C(=O)O. The predicted molar refractivity (Wildman–Crippen MR) is 58.4 cm³/mol. The average Bonchev–Trinajstić information content (AvgIpc) is 2.71. The predicted octanol–water partition coefficient (Wildman–Crippen LogP) is 1.59. The second-order valence-corrected chi connectivity index (χ2v) is 3.90. The van der Waals surface area contributed by atoms with Crippen LogP contribution in [0.1, 0.15) is 19.3 Å². The third-order valence-electron chi connectivity index (χ3n) is 2.94. The first-order valence-corrected chi connectivity index (χ1v) is 5.43. The summed E-state index contributed by atoms with van der Waals surface area (Å²) in [5.74, 6) is -1.18. The van der Waals surface area contributed by atoms with E-state index < -0.39 is 24.3 Å². The summed E-state index contributed by atoms with van der Waals surface area (Å²) in [6.07, 6.45) is 1.26. The molecule has 5 nitrogen and oxygen atoms in total. The maximum Gasteiger partial charge on any atom is 0.411 e. The summed E-state index contributed by atoms with van der Waals surface area (Å²) in [5.41, 5.74) is -1.45. The van der Waals surface area contributed by atoms with Crippen LogP contribution >= 0.6 is 0 Å². The number of likely N-dealkylation sites (tertiary alicyclic amines) is 1. The average molecular weight is 245 g/mol. The molecule has 1 aliphatic rings. The first-order chi connectivity index (χ1) is 8.08. The molecule has 0 aromatic rings. The third kappa shape index (κ3) is 2.57. The van der Waals surface area contributed by atoms with Gasteiger partial charge in [-0.25, -0.2) is 9.59 Å². The molecular formula is C11H16FNO4. The smallest absolute Gasteiger partial charge is 0.411 e. The highest BCUT2D eigenvalue weighted by molar-refractivity contribution is 5.85. The molecule has 1 N–H and O–H groups in total. The van der Waals surface area contributed by atoms with Crippen LogP contribution in [0.2, 0.25) is 0 Å². The van der Waals surface area contributed by atoms with Crippen molar-refractivity contribution in [2.24, 2.45) is 0 Å². The van der Waals surface area contributed by atoms with E-state index in [4.69, 9.17) is 4.74 Å². The van der Waals surface area contributed by atoms with Gasteiger partial charge in [-0.2, -0.15) is 0 Å². The van der Waals surface area contributed by atoms with E-state index in [1.54, 1.807) is 0 Å². The van der Waals surface area contributed by atoms with Crippen LogP contribution in [0.5, 0.6) is 0 Å². The molecule has 0 bridgehead atoms. The Morgan fingerprint density at radius 3 is 2.82 bits per heavy atom. The van der Waals surface area contributed by atoms with E-state index in [1.807, 2.05) is 0 Å². The van der Waals surface area contributed by atoms with Gasteiger partial charge < -0.3 is 9.84 Å². The minimum atomic E-state index is -1.45. The normalized spacial score (nSPS) is 23.5. The summed E-state index contributed by atoms with van der Waals surface area (Å²) in [6.45, 7) is 2.91. The molecule has 0 spiro atoms. The number of hydrogen-bond donors (Lipinski definition) is 1. The Balaban J connectivity index is 2.84. The molecule has 6 heteroatoms. The molecule has 0 aromatic heterocycles. The number of carboxylic acid groups (broad SMARTS) is 1. The lowest BCUT2D eigenvalue weighted by Gasteiger charge is -2.33. The monoisotopic (exact) mass is 245 g/mol. The zero-order valence-corrected chi connectivity index (χ0v) is 9.52. The van der Waals surface area contributed by atoms with Crippen LogP contribution in [0.25, 0.3) is 0 Å². The zero-order valence-electron chi connectivity index (χ0n) is 9.52. The van der Waals surface area contributed by atoms with Gasteiger partial charge in [-0.3, -0.25) is 9.29 Å². The lowest BCUT2D eigenvalue weighted by molar-refractivity contribution is -0.149. The number of nitrogens with zero attached hydrogens (tertiary/aromatic N) is 1. The molecule has 1 rings (SSSR count). The molecule has 1 aliphatic heterocycles. The minimum Gasteiger partial charge on any atom is -0.479 e. The van der Waals surface area contributed by atoms with Gasteiger partial charge in [0.2, 0.25) is 0 Å². The largest absolute Gasteiger partial charge is 0.479 e. The standard InChI is InChI=1S/C11H16FNO4/c1-2-8-17-10(16)13-7-3-4-11(13,5-6-12)9(14)15/h2H,1,3-8H2,(H,14,15). The zero-order chi connectivity index (χ0) is 12.9. The van der Waals surface area contributed by atoms with Gasteiger partial charge in [-0.1, -0.05) is 12.7 Å². The summed E-state index contributed by atoms with van der Waals surface area (Å²) in [4.78, 5) is 24.0. The number of carboxylic acids is 1. The van der Waals surface area contributed by atoms with Gasteiger partial charge in [0.25, 0.3) is 0 Å². The molecule has 0 saturated carbocycles. The highest BCUT2D eigenvalue weighted by atomic mass is 19.1. The summed E-state index contributed by atoms with van der Waals surface area (Å²) in [6, 6.07) is 0. The molecule has 1 heterocycles. The van der Waals surface area contributed by atoms with E-state index in [0.29, 0.717) is 6.42 Å². The van der Waals surface area contributed by atoms with Crippen LogP contribution in [0.15, 0.2) is 12.7 Å². The number of halogens is 1. The fraction of sp³-hybridized carbons (Fsp3) is 0.636. The molecule has 17 heavy (non-hydrogen) atoms. The second-order valence-electron chi connectivity index (χ2n) is 3.90.